The number of hydrogen-bond acceptors (Lipinski definition) is 4. The van der Waals surface area contributed by atoms with Crippen molar-refractivity contribution in [3.8, 4) is 5.69 Å². The first kappa shape index (κ1) is 13.5. The highest BCUT2D eigenvalue weighted by atomic mass is 32.2. The normalized spacial score (nSPS) is 10.7. The van der Waals surface area contributed by atoms with Gasteiger partial charge in [-0.15, -0.1) is 10.2 Å². The number of thioether (sulfide) groups is 1. The Balaban J connectivity index is 2.49. The fourth-order valence-electron chi connectivity index (χ4n) is 1.73. The number of aromatic nitrogens is 3. The molecule has 0 radical (unpaired) electrons. The van der Waals surface area contributed by atoms with Gasteiger partial charge in [-0.05, 0) is 25.5 Å². The molecule has 1 heterocycles. The van der Waals surface area contributed by atoms with Crippen LogP contribution in [0.15, 0.2) is 23.4 Å². The Morgan fingerprint density at radius 1 is 1.42 bits per heavy atom. The van der Waals surface area contributed by atoms with Crippen molar-refractivity contribution < 1.29 is 14.3 Å². The Morgan fingerprint density at radius 2 is 2.16 bits per heavy atom. The Kier molecular flexibility index (Phi) is 3.84. The minimum absolute atomic E-state index is 0.147. The van der Waals surface area contributed by atoms with Crippen LogP contribution < -0.4 is 0 Å². The molecule has 2 rings (SSSR count). The van der Waals surface area contributed by atoms with Gasteiger partial charge in [0.1, 0.15) is 11.6 Å². The van der Waals surface area contributed by atoms with Gasteiger partial charge in [0, 0.05) is 0 Å². The number of nitrogens with zero attached hydrogens (tertiary/aromatic N) is 3. The second-order valence-electron chi connectivity index (χ2n) is 3.95. The van der Waals surface area contributed by atoms with E-state index < -0.39 is 5.97 Å². The number of para-hydroxylation sites is 1. The summed E-state index contributed by atoms with van der Waals surface area (Å²) in [5.41, 5.74) is 1.10. The van der Waals surface area contributed by atoms with Gasteiger partial charge in [-0.25, -0.2) is 4.39 Å². The van der Waals surface area contributed by atoms with E-state index in [2.05, 4.69) is 10.2 Å². The van der Waals surface area contributed by atoms with Gasteiger partial charge in [0.25, 0.3) is 0 Å². The molecule has 0 bridgehead atoms. The van der Waals surface area contributed by atoms with Gasteiger partial charge in [0.2, 0.25) is 0 Å². The Hall–Kier alpha value is -1.89. The number of carbonyl (C=O) groups is 1. The van der Waals surface area contributed by atoms with Gasteiger partial charge in [-0.2, -0.15) is 0 Å². The van der Waals surface area contributed by atoms with Gasteiger partial charge in [0.05, 0.1) is 11.4 Å². The molecule has 19 heavy (non-hydrogen) atoms. The smallest absolute Gasteiger partial charge is 0.313 e. The summed E-state index contributed by atoms with van der Waals surface area (Å²) < 4.78 is 15.5. The molecule has 7 heteroatoms. The number of benzene rings is 1. The van der Waals surface area contributed by atoms with Crippen molar-refractivity contribution in [3.05, 3.63) is 35.4 Å². The zero-order valence-corrected chi connectivity index (χ0v) is 11.2. The fourth-order valence-corrected chi connectivity index (χ4v) is 2.43. The highest BCUT2D eigenvalue weighted by Gasteiger charge is 2.17. The molecular formula is C12H12FN3O2S. The minimum Gasteiger partial charge on any atom is -0.481 e. The third kappa shape index (κ3) is 2.76. The maximum absolute atomic E-state index is 14.0. The number of carboxylic acids is 1. The molecule has 0 fully saturated rings. The molecule has 0 unspecified atom stereocenters. The maximum atomic E-state index is 14.0. The Bertz CT molecular complexity index is 607. The topological polar surface area (TPSA) is 68.0 Å². The lowest BCUT2D eigenvalue weighted by atomic mass is 10.2. The van der Waals surface area contributed by atoms with E-state index in [4.69, 9.17) is 5.11 Å². The molecule has 0 saturated heterocycles. The van der Waals surface area contributed by atoms with Gasteiger partial charge < -0.3 is 5.11 Å². The summed E-state index contributed by atoms with van der Waals surface area (Å²) in [5.74, 6) is -0.977. The fraction of sp³-hybridized carbons (Fsp3) is 0.250. The summed E-state index contributed by atoms with van der Waals surface area (Å²) in [6.45, 7) is 3.48. The van der Waals surface area contributed by atoms with Crippen molar-refractivity contribution in [3.63, 3.8) is 0 Å². The van der Waals surface area contributed by atoms with Crippen molar-refractivity contribution in [1.29, 1.82) is 0 Å². The average Bonchev–Trinajstić information content (AvgIpc) is 2.69. The van der Waals surface area contributed by atoms with E-state index in [1.54, 1.807) is 26.0 Å². The van der Waals surface area contributed by atoms with Crippen molar-refractivity contribution >= 4 is 17.7 Å². The standard InChI is InChI=1S/C12H12FN3O2S/c1-7-4-3-5-9(13)11(7)16-8(2)14-15-12(16)19-6-10(17)18/h3-5H,6H2,1-2H3,(H,17,18). The molecule has 1 aromatic heterocycles. The van der Waals surface area contributed by atoms with Crippen molar-refractivity contribution in [2.24, 2.45) is 0 Å². The number of rotatable bonds is 4. The van der Waals surface area contributed by atoms with Gasteiger partial charge in [0.15, 0.2) is 5.16 Å². The van der Waals surface area contributed by atoms with Crippen LogP contribution >= 0.6 is 11.8 Å². The quantitative estimate of drug-likeness (QED) is 0.870. The SMILES string of the molecule is Cc1cccc(F)c1-n1c(C)nnc1SCC(=O)O. The zero-order chi connectivity index (χ0) is 14.0. The summed E-state index contributed by atoms with van der Waals surface area (Å²) in [7, 11) is 0. The lowest BCUT2D eigenvalue weighted by Crippen LogP contribution is -2.06. The average molecular weight is 281 g/mol. The van der Waals surface area contributed by atoms with E-state index in [1.807, 2.05) is 0 Å². The molecule has 0 saturated carbocycles. The number of hydrogen-bond donors (Lipinski definition) is 1. The van der Waals surface area contributed by atoms with E-state index >= 15 is 0 Å². The van der Waals surface area contributed by atoms with Gasteiger partial charge >= 0.3 is 5.97 Å². The van der Waals surface area contributed by atoms with Crippen LogP contribution in [0.25, 0.3) is 5.69 Å². The molecule has 0 aliphatic carbocycles. The Labute approximate surface area is 113 Å². The summed E-state index contributed by atoms with van der Waals surface area (Å²) in [6, 6.07) is 4.76. The molecule has 0 spiro atoms. The number of halogens is 1. The van der Waals surface area contributed by atoms with Crippen LogP contribution in [0.1, 0.15) is 11.4 Å². The molecule has 0 aliphatic heterocycles. The van der Waals surface area contributed by atoms with E-state index in [9.17, 15) is 9.18 Å². The molecule has 2 aromatic rings. The lowest BCUT2D eigenvalue weighted by molar-refractivity contribution is -0.133. The maximum Gasteiger partial charge on any atom is 0.313 e. The lowest BCUT2D eigenvalue weighted by Gasteiger charge is -2.11. The predicted molar refractivity (Wildman–Crippen MR) is 69.2 cm³/mol. The van der Waals surface area contributed by atoms with Crippen LogP contribution in [0.4, 0.5) is 4.39 Å². The van der Waals surface area contributed by atoms with Crippen LogP contribution in [0.3, 0.4) is 0 Å². The van der Waals surface area contributed by atoms with Crippen molar-refractivity contribution in [1.82, 2.24) is 14.8 Å². The van der Waals surface area contributed by atoms with Gasteiger partial charge in [-0.1, -0.05) is 23.9 Å². The third-order valence-electron chi connectivity index (χ3n) is 2.53. The van der Waals surface area contributed by atoms with E-state index in [0.717, 1.165) is 17.3 Å². The van der Waals surface area contributed by atoms with Crippen molar-refractivity contribution in [2.75, 3.05) is 5.75 Å². The van der Waals surface area contributed by atoms with Gasteiger partial charge in [-0.3, -0.25) is 9.36 Å². The van der Waals surface area contributed by atoms with E-state index in [-0.39, 0.29) is 11.6 Å². The Morgan fingerprint density at radius 3 is 2.79 bits per heavy atom. The molecular weight excluding hydrogens is 269 g/mol. The molecule has 100 valence electrons. The molecule has 0 aliphatic rings. The van der Waals surface area contributed by atoms with Crippen LogP contribution in [0.2, 0.25) is 0 Å². The molecule has 0 atom stereocenters. The summed E-state index contributed by atoms with van der Waals surface area (Å²) in [4.78, 5) is 10.6. The van der Waals surface area contributed by atoms with Crippen LogP contribution in [-0.2, 0) is 4.79 Å². The largest absolute Gasteiger partial charge is 0.481 e. The molecule has 1 N–H and O–H groups in total. The third-order valence-corrected chi connectivity index (χ3v) is 3.45. The summed E-state index contributed by atoms with van der Waals surface area (Å²) in [6.07, 6.45) is 0. The van der Waals surface area contributed by atoms with Crippen LogP contribution in [0, 0.1) is 19.7 Å². The van der Waals surface area contributed by atoms with E-state index in [0.29, 0.717) is 16.7 Å². The zero-order valence-electron chi connectivity index (χ0n) is 10.4. The summed E-state index contributed by atoms with van der Waals surface area (Å²) in [5, 5.41) is 16.8. The van der Waals surface area contributed by atoms with Crippen LogP contribution in [0.5, 0.6) is 0 Å². The first-order valence-corrected chi connectivity index (χ1v) is 6.51. The van der Waals surface area contributed by atoms with E-state index in [1.165, 1.54) is 10.6 Å². The minimum atomic E-state index is -0.956. The molecule has 1 aromatic carbocycles. The highest BCUT2D eigenvalue weighted by Crippen LogP contribution is 2.25. The predicted octanol–water partition coefficient (Wildman–Crippen LogP) is 2.20. The molecule has 0 amide bonds. The van der Waals surface area contributed by atoms with Crippen molar-refractivity contribution in [2.45, 2.75) is 19.0 Å². The first-order valence-electron chi connectivity index (χ1n) is 5.53. The second kappa shape index (κ2) is 5.40. The second-order valence-corrected chi connectivity index (χ2v) is 4.90. The monoisotopic (exact) mass is 281 g/mol. The number of aryl methyl sites for hydroxylation is 2. The highest BCUT2D eigenvalue weighted by molar-refractivity contribution is 7.99. The number of aliphatic carboxylic acids is 1. The molecule has 5 nitrogen and oxygen atoms in total. The first-order chi connectivity index (χ1) is 9.00. The summed E-state index contributed by atoms with van der Waals surface area (Å²) >= 11 is 1.01. The van der Waals surface area contributed by atoms with Crippen LogP contribution in [-0.4, -0.2) is 31.6 Å². The number of carboxylic acid groups (broad SMARTS) is 1.